The number of ketones is 1. The maximum absolute atomic E-state index is 11.8. The standard InChI is InChI=1S/C13H25NO4S/c1-3-8-18-9-6-13(15)10-12-5-4-7-14(11-12)19(2,16)17/h12H,3-11H2,1-2H3. The zero-order chi connectivity index (χ0) is 14.3. The van der Waals surface area contributed by atoms with Crippen molar-refractivity contribution in [3.8, 4) is 0 Å². The van der Waals surface area contributed by atoms with Crippen LogP contribution in [0.1, 0.15) is 39.0 Å². The Bertz CT molecular complexity index is 380. The van der Waals surface area contributed by atoms with E-state index in [1.807, 2.05) is 6.92 Å². The number of sulfonamides is 1. The van der Waals surface area contributed by atoms with Crippen LogP contribution in [0.5, 0.6) is 0 Å². The maximum atomic E-state index is 11.8. The summed E-state index contributed by atoms with van der Waals surface area (Å²) in [6, 6.07) is 0. The van der Waals surface area contributed by atoms with Crippen molar-refractivity contribution < 1.29 is 17.9 Å². The Balaban J connectivity index is 2.30. The lowest BCUT2D eigenvalue weighted by Crippen LogP contribution is -2.39. The first kappa shape index (κ1) is 16.6. The van der Waals surface area contributed by atoms with Gasteiger partial charge < -0.3 is 4.74 Å². The van der Waals surface area contributed by atoms with Crippen LogP contribution in [0, 0.1) is 5.92 Å². The second kappa shape index (κ2) is 7.97. The minimum Gasteiger partial charge on any atom is -0.381 e. The normalized spacial score (nSPS) is 21.5. The molecular weight excluding hydrogens is 266 g/mol. The first-order chi connectivity index (χ1) is 8.93. The number of piperidine rings is 1. The molecule has 0 amide bonds. The Kier molecular flexibility index (Phi) is 6.96. The molecule has 0 bridgehead atoms. The first-order valence-corrected chi connectivity index (χ1v) is 8.83. The maximum Gasteiger partial charge on any atom is 0.211 e. The van der Waals surface area contributed by atoms with Crippen molar-refractivity contribution in [3.05, 3.63) is 0 Å². The van der Waals surface area contributed by atoms with Gasteiger partial charge in [-0.2, -0.15) is 0 Å². The van der Waals surface area contributed by atoms with E-state index in [1.54, 1.807) is 0 Å². The van der Waals surface area contributed by atoms with Crippen LogP contribution in [0.4, 0.5) is 0 Å². The lowest BCUT2D eigenvalue weighted by atomic mass is 9.93. The molecule has 0 radical (unpaired) electrons. The van der Waals surface area contributed by atoms with E-state index in [2.05, 4.69) is 0 Å². The molecule has 1 saturated heterocycles. The Morgan fingerprint density at radius 3 is 2.74 bits per heavy atom. The SMILES string of the molecule is CCCOCCC(=O)CC1CCCN(S(C)(=O)=O)C1. The second-order valence-corrected chi connectivity index (χ2v) is 7.22. The average Bonchev–Trinajstić information content (AvgIpc) is 2.34. The number of carbonyl (C=O) groups excluding carboxylic acids is 1. The van der Waals surface area contributed by atoms with E-state index >= 15 is 0 Å². The largest absolute Gasteiger partial charge is 0.381 e. The Hall–Kier alpha value is -0.460. The number of nitrogens with zero attached hydrogens (tertiary/aromatic N) is 1. The fraction of sp³-hybridized carbons (Fsp3) is 0.923. The lowest BCUT2D eigenvalue weighted by molar-refractivity contribution is -0.121. The van der Waals surface area contributed by atoms with Crippen molar-refractivity contribution >= 4 is 15.8 Å². The van der Waals surface area contributed by atoms with E-state index < -0.39 is 10.0 Å². The van der Waals surface area contributed by atoms with Crippen molar-refractivity contribution in [1.29, 1.82) is 0 Å². The highest BCUT2D eigenvalue weighted by molar-refractivity contribution is 7.88. The van der Waals surface area contributed by atoms with Crippen molar-refractivity contribution in [2.24, 2.45) is 5.92 Å². The van der Waals surface area contributed by atoms with Crippen LogP contribution in [-0.2, 0) is 19.6 Å². The molecule has 1 aliphatic rings. The molecule has 0 aromatic heterocycles. The first-order valence-electron chi connectivity index (χ1n) is 6.98. The van der Waals surface area contributed by atoms with Gasteiger partial charge in [0.05, 0.1) is 12.9 Å². The van der Waals surface area contributed by atoms with Gasteiger partial charge in [0.2, 0.25) is 10.0 Å². The molecule has 1 unspecified atom stereocenters. The molecule has 0 N–H and O–H groups in total. The number of Topliss-reactive ketones (excluding diaryl/α,β-unsaturated/α-hetero) is 1. The molecule has 0 aromatic carbocycles. The highest BCUT2D eigenvalue weighted by Gasteiger charge is 2.26. The number of hydrogen-bond acceptors (Lipinski definition) is 4. The summed E-state index contributed by atoms with van der Waals surface area (Å²) < 4.78 is 29.7. The number of carbonyl (C=O) groups is 1. The predicted octanol–water partition coefficient (Wildman–Crippen LogP) is 1.43. The number of ether oxygens (including phenoxy) is 1. The fourth-order valence-electron chi connectivity index (χ4n) is 2.35. The van der Waals surface area contributed by atoms with Gasteiger partial charge in [-0.05, 0) is 25.2 Å². The van der Waals surface area contributed by atoms with E-state index in [9.17, 15) is 13.2 Å². The van der Waals surface area contributed by atoms with Gasteiger partial charge >= 0.3 is 0 Å². The van der Waals surface area contributed by atoms with E-state index in [0.29, 0.717) is 39.1 Å². The molecule has 5 nitrogen and oxygen atoms in total. The quantitative estimate of drug-likeness (QED) is 0.635. The van der Waals surface area contributed by atoms with E-state index in [-0.39, 0.29) is 11.7 Å². The van der Waals surface area contributed by atoms with Crippen LogP contribution in [0.15, 0.2) is 0 Å². The van der Waals surface area contributed by atoms with Crippen LogP contribution in [0.3, 0.4) is 0 Å². The zero-order valence-electron chi connectivity index (χ0n) is 11.9. The highest BCUT2D eigenvalue weighted by atomic mass is 32.2. The van der Waals surface area contributed by atoms with Gasteiger partial charge in [0, 0.05) is 32.5 Å². The van der Waals surface area contributed by atoms with Gasteiger partial charge in [0.25, 0.3) is 0 Å². The summed E-state index contributed by atoms with van der Waals surface area (Å²) in [4.78, 5) is 11.8. The van der Waals surface area contributed by atoms with Gasteiger partial charge in [-0.3, -0.25) is 4.79 Å². The molecular formula is C13H25NO4S. The highest BCUT2D eigenvalue weighted by Crippen LogP contribution is 2.22. The minimum absolute atomic E-state index is 0.169. The van der Waals surface area contributed by atoms with Gasteiger partial charge in [0.15, 0.2) is 0 Å². The molecule has 0 aliphatic carbocycles. The third-order valence-electron chi connectivity index (χ3n) is 3.34. The third-order valence-corrected chi connectivity index (χ3v) is 4.61. The molecule has 1 aliphatic heterocycles. The zero-order valence-corrected chi connectivity index (χ0v) is 12.7. The van der Waals surface area contributed by atoms with Crippen molar-refractivity contribution in [1.82, 2.24) is 4.31 Å². The third kappa shape index (κ3) is 6.49. The van der Waals surface area contributed by atoms with Gasteiger partial charge in [-0.15, -0.1) is 0 Å². The summed E-state index contributed by atoms with van der Waals surface area (Å²) in [5.74, 6) is 0.346. The Labute approximate surface area is 116 Å². The summed E-state index contributed by atoms with van der Waals surface area (Å²) >= 11 is 0. The van der Waals surface area contributed by atoms with Crippen molar-refractivity contribution in [2.75, 3.05) is 32.6 Å². The smallest absolute Gasteiger partial charge is 0.211 e. The van der Waals surface area contributed by atoms with Gasteiger partial charge in [-0.1, -0.05) is 6.92 Å². The molecule has 0 aromatic rings. The molecule has 1 rings (SSSR count). The fourth-order valence-corrected chi connectivity index (χ4v) is 3.29. The topological polar surface area (TPSA) is 63.7 Å². The van der Waals surface area contributed by atoms with Gasteiger partial charge in [-0.25, -0.2) is 12.7 Å². The molecule has 0 spiro atoms. The number of rotatable bonds is 8. The van der Waals surface area contributed by atoms with E-state index in [0.717, 1.165) is 19.3 Å². The Morgan fingerprint density at radius 1 is 1.37 bits per heavy atom. The molecule has 19 heavy (non-hydrogen) atoms. The molecule has 0 saturated carbocycles. The van der Waals surface area contributed by atoms with Gasteiger partial charge in [0.1, 0.15) is 5.78 Å². The summed E-state index contributed by atoms with van der Waals surface area (Å²) in [6.07, 6.45) is 4.89. The van der Waals surface area contributed by atoms with Crippen LogP contribution < -0.4 is 0 Å². The van der Waals surface area contributed by atoms with Crippen LogP contribution in [0.2, 0.25) is 0 Å². The molecule has 112 valence electrons. The minimum atomic E-state index is -3.12. The van der Waals surface area contributed by atoms with E-state index in [1.165, 1.54) is 10.6 Å². The molecule has 1 atom stereocenters. The molecule has 1 heterocycles. The summed E-state index contributed by atoms with van der Waals surface area (Å²) in [5.41, 5.74) is 0. The number of hydrogen-bond donors (Lipinski definition) is 0. The van der Waals surface area contributed by atoms with Crippen LogP contribution in [0.25, 0.3) is 0 Å². The lowest BCUT2D eigenvalue weighted by Gasteiger charge is -2.30. The van der Waals surface area contributed by atoms with Crippen molar-refractivity contribution in [2.45, 2.75) is 39.0 Å². The summed E-state index contributed by atoms with van der Waals surface area (Å²) in [5, 5.41) is 0. The predicted molar refractivity (Wildman–Crippen MR) is 74.5 cm³/mol. The summed E-state index contributed by atoms with van der Waals surface area (Å²) in [6.45, 7) is 4.28. The molecule has 1 fully saturated rings. The summed E-state index contributed by atoms with van der Waals surface area (Å²) in [7, 11) is -3.12. The molecule has 6 heteroatoms. The second-order valence-electron chi connectivity index (χ2n) is 5.23. The van der Waals surface area contributed by atoms with E-state index in [4.69, 9.17) is 4.74 Å². The Morgan fingerprint density at radius 2 is 2.11 bits per heavy atom. The van der Waals surface area contributed by atoms with Crippen LogP contribution in [-0.4, -0.2) is 51.1 Å². The monoisotopic (exact) mass is 291 g/mol. The van der Waals surface area contributed by atoms with Crippen molar-refractivity contribution in [3.63, 3.8) is 0 Å². The van der Waals surface area contributed by atoms with Crippen LogP contribution >= 0.6 is 0 Å². The average molecular weight is 291 g/mol.